The van der Waals surface area contributed by atoms with Gasteiger partial charge in [-0.05, 0) is 77.1 Å². The maximum absolute atomic E-state index is 10.6. The molecule has 2 nitrogen and oxygen atoms in total. The topological polar surface area (TPSA) is 36.8 Å². The summed E-state index contributed by atoms with van der Waals surface area (Å²) in [5.41, 5.74) is 7.36. The summed E-state index contributed by atoms with van der Waals surface area (Å²) in [7, 11) is 0. The minimum Gasteiger partial charge on any atom is -1.00 e. The summed E-state index contributed by atoms with van der Waals surface area (Å²) in [5, 5.41) is 17.1. The zero-order valence-electron chi connectivity index (χ0n) is 16.6. The van der Waals surface area contributed by atoms with Crippen LogP contribution in [-0.4, -0.2) is 17.7 Å². The van der Waals surface area contributed by atoms with Crippen LogP contribution in [0.1, 0.15) is 40.8 Å². The van der Waals surface area contributed by atoms with Crippen molar-refractivity contribution in [3.05, 3.63) is 99.3 Å². The predicted molar refractivity (Wildman–Crippen MR) is 115 cm³/mol. The monoisotopic (exact) mass is 413 g/mol. The second-order valence-electron chi connectivity index (χ2n) is 7.11. The van der Waals surface area contributed by atoms with Crippen LogP contribution in [0.25, 0.3) is 5.57 Å². The van der Waals surface area contributed by atoms with Crippen LogP contribution in [0.4, 0.5) is 0 Å². The summed E-state index contributed by atoms with van der Waals surface area (Å²) in [6.45, 7) is 7.21. The molecule has 0 aliphatic rings. The van der Waals surface area contributed by atoms with Gasteiger partial charge in [0.15, 0.2) is 0 Å². The van der Waals surface area contributed by atoms with E-state index in [0.29, 0.717) is 0 Å². The quantitative estimate of drug-likeness (QED) is 0.605. The lowest BCUT2D eigenvalue weighted by Gasteiger charge is -2.17. The van der Waals surface area contributed by atoms with Gasteiger partial charge in [-0.15, -0.1) is 0 Å². The molecule has 0 radical (unpaired) electrons. The van der Waals surface area contributed by atoms with Gasteiger partial charge < -0.3 is 22.8 Å². The minimum absolute atomic E-state index is 0. The molecule has 28 heavy (non-hydrogen) atoms. The van der Waals surface area contributed by atoms with E-state index in [9.17, 15) is 5.11 Å². The van der Waals surface area contributed by atoms with Gasteiger partial charge in [-0.2, -0.15) is 11.3 Å². The lowest BCUT2D eigenvalue weighted by Crippen LogP contribution is -3.00. The molecule has 3 N–H and O–H groups in total. The van der Waals surface area contributed by atoms with Crippen molar-refractivity contribution in [2.45, 2.75) is 32.9 Å². The number of benzene rings is 2. The van der Waals surface area contributed by atoms with Gasteiger partial charge in [-0.25, -0.2) is 0 Å². The Bertz CT molecular complexity index is 890. The first kappa shape index (κ1) is 22.4. The van der Waals surface area contributed by atoms with E-state index in [0.717, 1.165) is 12.1 Å². The van der Waals surface area contributed by atoms with Crippen molar-refractivity contribution in [2.75, 3.05) is 6.54 Å². The molecule has 0 saturated carbocycles. The van der Waals surface area contributed by atoms with Gasteiger partial charge >= 0.3 is 0 Å². The molecule has 0 fully saturated rings. The molecule has 2 unspecified atom stereocenters. The molecular formula is C24H28ClNOS. The number of quaternary nitrogens is 1. The number of hydrogen-bond acceptors (Lipinski definition) is 2. The second kappa shape index (κ2) is 10.6. The first-order valence-corrected chi connectivity index (χ1v) is 10.4. The van der Waals surface area contributed by atoms with Crippen LogP contribution < -0.4 is 17.7 Å². The van der Waals surface area contributed by atoms with Crippen molar-refractivity contribution in [3.8, 4) is 0 Å². The van der Waals surface area contributed by atoms with Crippen LogP contribution in [0, 0.1) is 13.8 Å². The lowest BCUT2D eigenvalue weighted by atomic mass is 9.96. The predicted octanol–water partition coefficient (Wildman–Crippen LogP) is 1.49. The summed E-state index contributed by atoms with van der Waals surface area (Å²) in [5.74, 6) is 0. The summed E-state index contributed by atoms with van der Waals surface area (Å²) < 4.78 is 0. The first-order chi connectivity index (χ1) is 13.1. The second-order valence-corrected chi connectivity index (χ2v) is 7.89. The molecule has 2 aromatic carbocycles. The van der Waals surface area contributed by atoms with Crippen LogP contribution in [0.3, 0.4) is 0 Å². The minimum atomic E-state index is -0.467. The fraction of sp³-hybridized carbons (Fsp3) is 0.250. The highest BCUT2D eigenvalue weighted by molar-refractivity contribution is 7.08. The Kier molecular flexibility index (Phi) is 8.46. The third-order valence-corrected chi connectivity index (χ3v) is 5.80. The van der Waals surface area contributed by atoms with E-state index < -0.39 is 6.10 Å². The Hall–Kier alpha value is -1.91. The van der Waals surface area contributed by atoms with Crippen molar-refractivity contribution in [1.29, 1.82) is 0 Å². The van der Waals surface area contributed by atoms with Crippen LogP contribution in [0.15, 0.2) is 71.4 Å². The lowest BCUT2D eigenvalue weighted by molar-refractivity contribution is -0.686. The van der Waals surface area contributed by atoms with Gasteiger partial charge in [0.05, 0.1) is 6.54 Å². The Morgan fingerprint density at radius 3 is 2.43 bits per heavy atom. The first-order valence-electron chi connectivity index (χ1n) is 9.43. The number of rotatable bonds is 7. The SMILES string of the molecule is Cc1ccc(/C(=C/C[NH2+]C(C)C(O)c2ccccc2)c2ccsc2)cc1C.[Cl-]. The van der Waals surface area contributed by atoms with Gasteiger partial charge in [0, 0.05) is 0 Å². The summed E-state index contributed by atoms with van der Waals surface area (Å²) >= 11 is 1.72. The Balaban J connectivity index is 0.00000280. The van der Waals surface area contributed by atoms with Crippen LogP contribution in [-0.2, 0) is 0 Å². The van der Waals surface area contributed by atoms with E-state index in [1.807, 2.05) is 30.3 Å². The molecular weight excluding hydrogens is 386 g/mol. The number of nitrogens with two attached hydrogens (primary N) is 1. The summed E-state index contributed by atoms with van der Waals surface area (Å²) in [6.07, 6.45) is 1.81. The Labute approximate surface area is 178 Å². The normalized spacial score (nSPS) is 13.6. The third kappa shape index (κ3) is 5.55. The van der Waals surface area contributed by atoms with E-state index in [4.69, 9.17) is 0 Å². The highest BCUT2D eigenvalue weighted by atomic mass is 35.5. The van der Waals surface area contributed by atoms with Crippen molar-refractivity contribution >= 4 is 16.9 Å². The van der Waals surface area contributed by atoms with Gasteiger partial charge in [-0.1, -0.05) is 48.5 Å². The zero-order chi connectivity index (χ0) is 19.2. The largest absolute Gasteiger partial charge is 1.00 e. The molecule has 4 heteroatoms. The van der Waals surface area contributed by atoms with Gasteiger partial charge in [0.25, 0.3) is 0 Å². The highest BCUT2D eigenvalue weighted by Gasteiger charge is 2.18. The standard InChI is InChI=1S/C24H27NOS.ClH/c1-17-9-10-21(15-18(17)2)23(22-12-14-27-16-22)11-13-25-19(3)24(26)20-7-5-4-6-8-20;/h4-12,14-16,19,24-26H,13H2,1-3H3;1H/b23-11-;. The highest BCUT2D eigenvalue weighted by Crippen LogP contribution is 2.26. The van der Waals surface area contributed by atoms with Crippen LogP contribution in [0.2, 0.25) is 0 Å². The average molecular weight is 414 g/mol. The number of aliphatic hydroxyl groups is 1. The van der Waals surface area contributed by atoms with E-state index in [-0.39, 0.29) is 18.4 Å². The van der Waals surface area contributed by atoms with Crippen molar-refractivity contribution in [3.63, 3.8) is 0 Å². The van der Waals surface area contributed by atoms with Crippen LogP contribution in [0.5, 0.6) is 0 Å². The molecule has 148 valence electrons. The molecule has 0 amide bonds. The molecule has 0 saturated heterocycles. The van der Waals surface area contributed by atoms with Gasteiger partial charge in [-0.3, -0.25) is 0 Å². The van der Waals surface area contributed by atoms with Gasteiger partial charge in [0.1, 0.15) is 12.1 Å². The molecule has 3 rings (SSSR count). The third-order valence-electron chi connectivity index (χ3n) is 5.12. The average Bonchev–Trinajstić information content (AvgIpc) is 3.22. The van der Waals surface area contributed by atoms with E-state index >= 15 is 0 Å². The number of aliphatic hydroxyl groups excluding tert-OH is 1. The zero-order valence-corrected chi connectivity index (χ0v) is 18.2. The van der Waals surface area contributed by atoms with E-state index in [1.54, 1.807) is 11.3 Å². The number of halogens is 1. The Morgan fingerprint density at radius 2 is 1.79 bits per heavy atom. The van der Waals surface area contributed by atoms with Gasteiger partial charge in [0.2, 0.25) is 0 Å². The molecule has 3 aromatic rings. The summed E-state index contributed by atoms with van der Waals surface area (Å²) in [4.78, 5) is 0. The van der Waals surface area contributed by atoms with Crippen molar-refractivity contribution in [1.82, 2.24) is 0 Å². The maximum atomic E-state index is 10.6. The van der Waals surface area contributed by atoms with Crippen LogP contribution >= 0.6 is 11.3 Å². The van der Waals surface area contributed by atoms with E-state index in [2.05, 4.69) is 67.2 Å². The molecule has 0 aliphatic heterocycles. The molecule has 1 heterocycles. The molecule has 1 aromatic heterocycles. The number of thiophene rings is 1. The fourth-order valence-corrected chi connectivity index (χ4v) is 3.87. The smallest absolute Gasteiger partial charge is 0.130 e. The van der Waals surface area contributed by atoms with E-state index in [1.165, 1.54) is 27.8 Å². The number of hydrogen-bond donors (Lipinski definition) is 2. The van der Waals surface area contributed by atoms with Crippen molar-refractivity contribution < 1.29 is 22.8 Å². The molecule has 0 aliphatic carbocycles. The van der Waals surface area contributed by atoms with Crippen molar-refractivity contribution in [2.24, 2.45) is 0 Å². The Morgan fingerprint density at radius 1 is 1.04 bits per heavy atom. The molecule has 0 bridgehead atoms. The fourth-order valence-electron chi connectivity index (χ4n) is 3.21. The molecule has 0 spiro atoms. The molecule has 2 atom stereocenters. The maximum Gasteiger partial charge on any atom is 0.130 e. The number of aryl methyl sites for hydroxylation is 2. The summed E-state index contributed by atoms with van der Waals surface area (Å²) in [6, 6.07) is 18.8.